The summed E-state index contributed by atoms with van der Waals surface area (Å²) in [6, 6.07) is 0.285. The highest BCUT2D eigenvalue weighted by atomic mass is 16.5. The van der Waals surface area contributed by atoms with Crippen molar-refractivity contribution < 1.29 is 14.8 Å². The number of rotatable bonds is 4. The molecule has 0 bridgehead atoms. The average Bonchev–Trinajstić information content (AvgIpc) is 2.18. The van der Waals surface area contributed by atoms with Crippen LogP contribution in [0.3, 0.4) is 0 Å². The SMILES string of the molecule is N=C(N)/C(=C\[NH2+]C1CCCOC1)C(N)=O. The molecule has 0 saturated carbocycles. The van der Waals surface area contributed by atoms with Gasteiger partial charge in [-0.15, -0.1) is 0 Å². The van der Waals surface area contributed by atoms with E-state index in [2.05, 4.69) is 0 Å². The predicted molar refractivity (Wildman–Crippen MR) is 55.0 cm³/mol. The summed E-state index contributed by atoms with van der Waals surface area (Å²) in [7, 11) is 0. The van der Waals surface area contributed by atoms with Crippen molar-refractivity contribution in [1.82, 2.24) is 0 Å². The van der Waals surface area contributed by atoms with Crippen molar-refractivity contribution in [3.8, 4) is 0 Å². The van der Waals surface area contributed by atoms with E-state index in [1.165, 1.54) is 6.20 Å². The lowest BCUT2D eigenvalue weighted by molar-refractivity contribution is -0.632. The van der Waals surface area contributed by atoms with Crippen LogP contribution in [0.15, 0.2) is 11.8 Å². The van der Waals surface area contributed by atoms with E-state index in [1.54, 1.807) is 0 Å². The number of carbonyl (C=O) groups is 1. The third kappa shape index (κ3) is 3.69. The molecule has 0 aliphatic carbocycles. The summed E-state index contributed by atoms with van der Waals surface area (Å²) >= 11 is 0. The van der Waals surface area contributed by atoms with Crippen LogP contribution in [-0.2, 0) is 9.53 Å². The molecule has 0 aromatic rings. The number of hydrogen-bond donors (Lipinski definition) is 4. The van der Waals surface area contributed by atoms with E-state index in [9.17, 15) is 4.79 Å². The van der Waals surface area contributed by atoms with Crippen molar-refractivity contribution in [3.05, 3.63) is 11.8 Å². The molecular formula is C9H17N4O2+. The summed E-state index contributed by atoms with van der Waals surface area (Å²) < 4.78 is 5.27. The van der Waals surface area contributed by atoms with Crippen LogP contribution >= 0.6 is 0 Å². The maximum Gasteiger partial charge on any atom is 0.257 e. The van der Waals surface area contributed by atoms with Crippen molar-refractivity contribution in [2.24, 2.45) is 11.5 Å². The maximum atomic E-state index is 10.9. The van der Waals surface area contributed by atoms with Gasteiger partial charge >= 0.3 is 0 Å². The topological polar surface area (TPSA) is 119 Å². The largest absolute Gasteiger partial charge is 0.383 e. The minimum atomic E-state index is -0.671. The quantitative estimate of drug-likeness (QED) is 0.246. The number of nitrogens with two attached hydrogens (primary N) is 3. The summed E-state index contributed by atoms with van der Waals surface area (Å²) in [5.41, 5.74) is 10.3. The molecule has 84 valence electrons. The second-order valence-corrected chi connectivity index (χ2v) is 3.53. The van der Waals surface area contributed by atoms with Gasteiger partial charge in [0.2, 0.25) is 0 Å². The highest BCUT2D eigenvalue weighted by Crippen LogP contribution is 2.01. The molecule has 15 heavy (non-hydrogen) atoms. The molecule has 1 aliphatic heterocycles. The summed E-state index contributed by atoms with van der Waals surface area (Å²) in [6.45, 7) is 1.45. The van der Waals surface area contributed by atoms with E-state index < -0.39 is 5.91 Å². The summed E-state index contributed by atoms with van der Waals surface area (Å²) in [5.74, 6) is -0.967. The van der Waals surface area contributed by atoms with Gasteiger partial charge in [0.05, 0.1) is 6.61 Å². The number of amidine groups is 1. The van der Waals surface area contributed by atoms with Gasteiger partial charge in [-0.05, 0) is 6.42 Å². The average molecular weight is 213 g/mol. The van der Waals surface area contributed by atoms with E-state index in [0.717, 1.165) is 19.4 Å². The molecule has 0 spiro atoms. The highest BCUT2D eigenvalue weighted by Gasteiger charge is 2.17. The fourth-order valence-electron chi connectivity index (χ4n) is 1.45. The van der Waals surface area contributed by atoms with Crippen LogP contribution in [0.4, 0.5) is 0 Å². The molecule has 0 aromatic heterocycles. The zero-order valence-corrected chi connectivity index (χ0v) is 8.53. The summed E-state index contributed by atoms with van der Waals surface area (Å²) in [5, 5.41) is 8.99. The number of quaternary nitrogens is 1. The molecule has 6 nitrogen and oxygen atoms in total. The molecule has 1 aliphatic rings. The number of nitrogens with one attached hydrogen (secondary N) is 1. The minimum absolute atomic E-state index is 0.0561. The van der Waals surface area contributed by atoms with Crippen LogP contribution in [-0.4, -0.2) is 31.0 Å². The first-order chi connectivity index (χ1) is 7.11. The minimum Gasteiger partial charge on any atom is -0.383 e. The normalized spacial score (nSPS) is 22.4. The fraction of sp³-hybridized carbons (Fsp3) is 0.556. The van der Waals surface area contributed by atoms with Crippen molar-refractivity contribution >= 4 is 11.7 Å². The smallest absolute Gasteiger partial charge is 0.257 e. The molecule has 7 N–H and O–H groups in total. The number of amides is 1. The van der Waals surface area contributed by atoms with Crippen molar-refractivity contribution in [2.45, 2.75) is 18.9 Å². The van der Waals surface area contributed by atoms with Crippen LogP contribution in [0.5, 0.6) is 0 Å². The monoisotopic (exact) mass is 213 g/mol. The van der Waals surface area contributed by atoms with E-state index in [-0.39, 0.29) is 17.5 Å². The lowest BCUT2D eigenvalue weighted by Gasteiger charge is -2.18. The lowest BCUT2D eigenvalue weighted by atomic mass is 10.1. The molecule has 1 unspecified atom stereocenters. The standard InChI is InChI=1S/C9H16N4O2/c10-8(11)7(9(12)14)4-13-6-2-1-3-15-5-6/h4,6,13H,1-3,5H2,(H3,10,11)(H2,12,14)/p+1/b7-4+. The Hall–Kier alpha value is -1.40. The molecule has 6 heteroatoms. The van der Waals surface area contributed by atoms with E-state index in [1.807, 2.05) is 5.32 Å². The number of carbonyl (C=O) groups excluding carboxylic acids is 1. The van der Waals surface area contributed by atoms with Crippen molar-refractivity contribution in [3.63, 3.8) is 0 Å². The Morgan fingerprint density at radius 3 is 2.73 bits per heavy atom. The van der Waals surface area contributed by atoms with Gasteiger partial charge in [0.1, 0.15) is 23.7 Å². The Morgan fingerprint density at radius 1 is 1.53 bits per heavy atom. The van der Waals surface area contributed by atoms with Crippen molar-refractivity contribution in [2.75, 3.05) is 13.2 Å². The van der Waals surface area contributed by atoms with Crippen LogP contribution in [0.2, 0.25) is 0 Å². The van der Waals surface area contributed by atoms with Gasteiger partial charge in [-0.25, -0.2) is 0 Å². The van der Waals surface area contributed by atoms with E-state index in [4.69, 9.17) is 21.6 Å². The molecule has 1 saturated heterocycles. The Morgan fingerprint density at radius 2 is 2.27 bits per heavy atom. The first-order valence-electron chi connectivity index (χ1n) is 4.88. The first-order valence-corrected chi connectivity index (χ1v) is 4.88. The zero-order chi connectivity index (χ0) is 11.3. The molecule has 1 heterocycles. The molecule has 0 aromatic carbocycles. The van der Waals surface area contributed by atoms with Crippen LogP contribution in [0.25, 0.3) is 0 Å². The molecule has 1 amide bonds. The molecule has 1 atom stereocenters. The van der Waals surface area contributed by atoms with E-state index in [0.29, 0.717) is 6.61 Å². The Bertz CT molecular complexity index is 266. The molecule has 1 fully saturated rings. The van der Waals surface area contributed by atoms with Crippen LogP contribution in [0, 0.1) is 5.41 Å². The second-order valence-electron chi connectivity index (χ2n) is 3.53. The Labute approximate surface area is 88.2 Å². The maximum absolute atomic E-state index is 10.9. The second kappa shape index (κ2) is 5.47. The molecular weight excluding hydrogens is 196 g/mol. The zero-order valence-electron chi connectivity index (χ0n) is 8.53. The lowest BCUT2D eigenvalue weighted by Crippen LogP contribution is -2.86. The van der Waals surface area contributed by atoms with Gasteiger partial charge in [0, 0.05) is 13.0 Å². The van der Waals surface area contributed by atoms with Crippen LogP contribution in [0.1, 0.15) is 12.8 Å². The summed E-state index contributed by atoms with van der Waals surface area (Å²) in [6.07, 6.45) is 3.56. The number of primary amides is 1. The number of hydrogen-bond acceptors (Lipinski definition) is 3. The first kappa shape index (κ1) is 11.7. The fourth-order valence-corrected chi connectivity index (χ4v) is 1.45. The van der Waals surface area contributed by atoms with Gasteiger partial charge < -0.3 is 21.5 Å². The Kier molecular flexibility index (Phi) is 4.26. The third-order valence-corrected chi connectivity index (χ3v) is 2.29. The summed E-state index contributed by atoms with van der Waals surface area (Å²) in [4.78, 5) is 10.9. The van der Waals surface area contributed by atoms with Gasteiger partial charge in [0.15, 0.2) is 0 Å². The highest BCUT2D eigenvalue weighted by molar-refractivity contribution is 6.18. The van der Waals surface area contributed by atoms with Gasteiger partial charge in [-0.3, -0.25) is 10.2 Å². The molecule has 1 rings (SSSR count). The predicted octanol–water partition coefficient (Wildman–Crippen LogP) is -1.97. The van der Waals surface area contributed by atoms with E-state index >= 15 is 0 Å². The Balaban J connectivity index is 2.52. The third-order valence-electron chi connectivity index (χ3n) is 2.29. The van der Waals surface area contributed by atoms with Crippen molar-refractivity contribution in [1.29, 1.82) is 5.41 Å². The van der Waals surface area contributed by atoms with Gasteiger partial charge in [0.25, 0.3) is 5.91 Å². The van der Waals surface area contributed by atoms with Crippen LogP contribution < -0.4 is 16.8 Å². The number of ether oxygens (including phenoxy) is 1. The van der Waals surface area contributed by atoms with Gasteiger partial charge in [-0.2, -0.15) is 0 Å². The molecule has 0 radical (unpaired) electrons. The van der Waals surface area contributed by atoms with Gasteiger partial charge in [-0.1, -0.05) is 0 Å².